The Kier molecular flexibility index (Phi) is 12.5. The number of aliphatic carboxylic acids is 1. The van der Waals surface area contributed by atoms with Crippen molar-refractivity contribution in [3.63, 3.8) is 0 Å². The summed E-state index contributed by atoms with van der Waals surface area (Å²) < 4.78 is 22.1. The summed E-state index contributed by atoms with van der Waals surface area (Å²) in [7, 11) is 0. The lowest BCUT2D eigenvalue weighted by Crippen LogP contribution is -2.38. The lowest BCUT2D eigenvalue weighted by Gasteiger charge is -2.22. The van der Waals surface area contributed by atoms with E-state index in [1.807, 2.05) is 30.3 Å². The van der Waals surface area contributed by atoms with Crippen LogP contribution in [0.1, 0.15) is 32.3 Å². The normalized spacial score (nSPS) is 11.6. The maximum Gasteiger partial charge on any atom is 0.415 e. The molecule has 8 nitrogen and oxygen atoms in total. The average Bonchev–Trinajstić information content (AvgIpc) is 2.84. The minimum atomic E-state index is -0.982. The summed E-state index contributed by atoms with van der Waals surface area (Å²) in [6, 6.07) is 16.1. The van der Waals surface area contributed by atoms with Gasteiger partial charge in [-0.1, -0.05) is 37.3 Å². The molecule has 2 aromatic rings. The van der Waals surface area contributed by atoms with E-state index in [9.17, 15) is 14.7 Å². The van der Waals surface area contributed by atoms with Gasteiger partial charge >= 0.3 is 12.1 Å². The van der Waals surface area contributed by atoms with Crippen LogP contribution in [0.3, 0.4) is 0 Å². The number of rotatable bonds is 16. The molecule has 2 rings (SSSR count). The molecule has 8 heteroatoms. The summed E-state index contributed by atoms with van der Waals surface area (Å²) in [5.74, 6) is 0.141. The van der Waals surface area contributed by atoms with Crippen molar-refractivity contribution in [2.75, 3.05) is 39.5 Å². The van der Waals surface area contributed by atoms with Crippen molar-refractivity contribution in [3.8, 4) is 11.5 Å². The minimum Gasteiger partial charge on any atom is -0.492 e. The number of hydrogen-bond donors (Lipinski definition) is 1. The third-order valence-electron chi connectivity index (χ3n) is 4.89. The number of amides is 1. The highest BCUT2D eigenvalue weighted by atomic mass is 16.6. The van der Waals surface area contributed by atoms with E-state index in [1.165, 1.54) is 0 Å². The Morgan fingerprint density at radius 3 is 2.29 bits per heavy atom. The summed E-state index contributed by atoms with van der Waals surface area (Å²) in [5, 5.41) is 9.23. The maximum atomic E-state index is 12.7. The number of benzene rings is 2. The van der Waals surface area contributed by atoms with Crippen molar-refractivity contribution in [2.45, 2.75) is 39.2 Å². The number of carbonyl (C=O) groups is 2. The monoisotopic (exact) mass is 473 g/mol. The lowest BCUT2D eigenvalue weighted by molar-refractivity contribution is -0.149. The zero-order chi connectivity index (χ0) is 24.6. The number of para-hydroxylation sites is 1. The minimum absolute atomic E-state index is 0.280. The molecule has 0 saturated carbocycles. The van der Waals surface area contributed by atoms with Crippen LogP contribution in [0.25, 0.3) is 0 Å². The first-order chi connectivity index (χ1) is 16.5. The van der Waals surface area contributed by atoms with E-state index < -0.39 is 18.2 Å². The molecule has 186 valence electrons. The van der Waals surface area contributed by atoms with Crippen LogP contribution in [0.5, 0.6) is 11.5 Å². The van der Waals surface area contributed by atoms with E-state index in [4.69, 9.17) is 18.9 Å². The Bertz CT molecular complexity index is 842. The van der Waals surface area contributed by atoms with Gasteiger partial charge < -0.3 is 29.0 Å². The molecule has 1 unspecified atom stereocenters. The highest BCUT2D eigenvalue weighted by molar-refractivity contribution is 5.72. The van der Waals surface area contributed by atoms with Gasteiger partial charge in [0.05, 0.1) is 6.54 Å². The summed E-state index contributed by atoms with van der Waals surface area (Å²) >= 11 is 0. The molecule has 0 radical (unpaired) electrons. The van der Waals surface area contributed by atoms with Crippen LogP contribution in [0.4, 0.5) is 4.79 Å². The van der Waals surface area contributed by atoms with Crippen LogP contribution in [0.15, 0.2) is 54.6 Å². The number of carboxylic acid groups (broad SMARTS) is 1. The Labute approximate surface area is 201 Å². The zero-order valence-electron chi connectivity index (χ0n) is 20.0. The first kappa shape index (κ1) is 27.1. The first-order valence-electron chi connectivity index (χ1n) is 11.7. The number of carbonyl (C=O) groups excluding carboxylic acids is 1. The van der Waals surface area contributed by atoms with Gasteiger partial charge in [-0.3, -0.25) is 0 Å². The topological polar surface area (TPSA) is 94.5 Å². The molecule has 0 saturated heterocycles. The van der Waals surface area contributed by atoms with Gasteiger partial charge in [0, 0.05) is 32.8 Å². The van der Waals surface area contributed by atoms with Crippen molar-refractivity contribution in [1.29, 1.82) is 0 Å². The average molecular weight is 474 g/mol. The van der Waals surface area contributed by atoms with Crippen LogP contribution in [-0.2, 0) is 20.7 Å². The van der Waals surface area contributed by atoms with Gasteiger partial charge in [0.25, 0.3) is 0 Å². The van der Waals surface area contributed by atoms with Gasteiger partial charge in [-0.05, 0) is 49.6 Å². The van der Waals surface area contributed by atoms with Crippen molar-refractivity contribution in [2.24, 2.45) is 0 Å². The third kappa shape index (κ3) is 10.2. The van der Waals surface area contributed by atoms with Gasteiger partial charge in [-0.15, -0.1) is 0 Å². The number of ether oxygens (including phenoxy) is 4. The van der Waals surface area contributed by atoms with E-state index in [-0.39, 0.29) is 13.0 Å². The van der Waals surface area contributed by atoms with Crippen LogP contribution in [0.2, 0.25) is 0 Å². The smallest absolute Gasteiger partial charge is 0.415 e. The molecule has 0 spiro atoms. The molecule has 0 fully saturated rings. The van der Waals surface area contributed by atoms with Crippen molar-refractivity contribution < 1.29 is 33.6 Å². The lowest BCUT2D eigenvalue weighted by atomic mass is 10.1. The molecule has 0 bridgehead atoms. The fourth-order valence-electron chi connectivity index (χ4n) is 3.18. The SMILES string of the molecule is CCCOCCCN(CCOc1ccc(CC(OCC)C(=O)O)cc1)C(=O)Oc1ccccc1. The summed E-state index contributed by atoms with van der Waals surface area (Å²) in [6.45, 7) is 6.57. The molecule has 2 aromatic carbocycles. The highest BCUT2D eigenvalue weighted by Crippen LogP contribution is 2.15. The molecule has 1 amide bonds. The van der Waals surface area contributed by atoms with Crippen LogP contribution in [0, 0.1) is 0 Å². The number of hydrogen-bond acceptors (Lipinski definition) is 6. The Morgan fingerprint density at radius 1 is 0.912 bits per heavy atom. The van der Waals surface area contributed by atoms with Gasteiger partial charge in [0.15, 0.2) is 6.10 Å². The molecule has 0 aliphatic rings. The Hall–Kier alpha value is -3.10. The molecule has 34 heavy (non-hydrogen) atoms. The quantitative estimate of drug-likeness (QED) is 0.361. The second-order valence-electron chi connectivity index (χ2n) is 7.61. The van der Waals surface area contributed by atoms with Crippen molar-refractivity contribution in [3.05, 3.63) is 60.2 Å². The van der Waals surface area contributed by atoms with Crippen molar-refractivity contribution in [1.82, 2.24) is 4.90 Å². The summed E-state index contributed by atoms with van der Waals surface area (Å²) in [5.41, 5.74) is 0.841. The van der Waals surface area contributed by atoms with Gasteiger partial charge in [-0.25, -0.2) is 9.59 Å². The molecule has 1 atom stereocenters. The van der Waals surface area contributed by atoms with Gasteiger partial charge in [0.2, 0.25) is 0 Å². The molecule has 0 heterocycles. The number of carboxylic acids is 1. The predicted molar refractivity (Wildman–Crippen MR) is 128 cm³/mol. The van der Waals surface area contributed by atoms with E-state index in [2.05, 4.69) is 6.92 Å². The predicted octanol–water partition coefficient (Wildman–Crippen LogP) is 4.42. The second-order valence-corrected chi connectivity index (χ2v) is 7.61. The Morgan fingerprint density at radius 2 is 1.65 bits per heavy atom. The Balaban J connectivity index is 1.87. The van der Waals surface area contributed by atoms with Crippen LogP contribution < -0.4 is 9.47 Å². The van der Waals surface area contributed by atoms with E-state index >= 15 is 0 Å². The molecule has 0 aromatic heterocycles. The fourth-order valence-corrected chi connectivity index (χ4v) is 3.18. The van der Waals surface area contributed by atoms with Gasteiger partial charge in [0.1, 0.15) is 18.1 Å². The zero-order valence-corrected chi connectivity index (χ0v) is 20.0. The van der Waals surface area contributed by atoms with E-state index in [0.717, 1.165) is 12.0 Å². The maximum absolute atomic E-state index is 12.7. The highest BCUT2D eigenvalue weighted by Gasteiger charge is 2.18. The largest absolute Gasteiger partial charge is 0.492 e. The third-order valence-corrected chi connectivity index (χ3v) is 4.89. The van der Waals surface area contributed by atoms with E-state index in [1.54, 1.807) is 36.1 Å². The van der Waals surface area contributed by atoms with Crippen LogP contribution >= 0.6 is 0 Å². The molecule has 0 aliphatic carbocycles. The molecule has 1 N–H and O–H groups in total. The standard InChI is InChI=1S/C26H35NO7/c1-3-17-31-18-8-15-27(26(30)34-23-9-6-5-7-10-23)16-19-33-22-13-11-21(12-14-22)20-24(25(28)29)32-4-2/h5-7,9-14,24H,3-4,8,15-20H2,1-2H3,(H,28,29). The molecular weight excluding hydrogens is 438 g/mol. The van der Waals surface area contributed by atoms with E-state index in [0.29, 0.717) is 50.8 Å². The summed E-state index contributed by atoms with van der Waals surface area (Å²) in [6.07, 6.45) is 0.624. The first-order valence-corrected chi connectivity index (χ1v) is 11.7. The van der Waals surface area contributed by atoms with Crippen molar-refractivity contribution >= 4 is 12.1 Å². The number of nitrogens with zero attached hydrogens (tertiary/aromatic N) is 1. The molecular formula is C26H35NO7. The van der Waals surface area contributed by atoms with Crippen LogP contribution in [-0.4, -0.2) is 67.7 Å². The second kappa shape index (κ2) is 15.7. The fraction of sp³-hybridized carbons (Fsp3) is 0.462. The van der Waals surface area contributed by atoms with Gasteiger partial charge in [-0.2, -0.15) is 0 Å². The molecule has 0 aliphatic heterocycles. The summed E-state index contributed by atoms with van der Waals surface area (Å²) in [4.78, 5) is 25.5.